The predicted molar refractivity (Wildman–Crippen MR) is 74.5 cm³/mol. The first-order valence-corrected chi connectivity index (χ1v) is 6.17. The minimum Gasteiger partial charge on any atom is -0.496 e. The van der Waals surface area contributed by atoms with E-state index in [1.54, 1.807) is 57.7 Å². The average molecular weight is 275 g/mol. The summed E-state index contributed by atoms with van der Waals surface area (Å²) in [6.45, 7) is 1.66. The molecule has 2 rings (SSSR count). The van der Waals surface area contributed by atoms with Gasteiger partial charge in [-0.1, -0.05) is 0 Å². The quantitative estimate of drug-likeness (QED) is 0.909. The molecule has 1 aromatic carbocycles. The Kier molecular flexibility index (Phi) is 4.42. The van der Waals surface area contributed by atoms with Crippen LogP contribution in [0.15, 0.2) is 36.5 Å². The highest BCUT2D eigenvalue weighted by Crippen LogP contribution is 2.30. The second-order valence-electron chi connectivity index (χ2n) is 4.25. The summed E-state index contributed by atoms with van der Waals surface area (Å²) in [5, 5.41) is 9.40. The number of aliphatic hydroxyl groups excluding tert-OH is 1. The minimum atomic E-state index is -0.596. The molecule has 106 valence electrons. The fraction of sp³-hybridized carbons (Fsp3) is 0.267. The Hall–Kier alpha value is -2.27. The molecule has 0 aliphatic heterocycles. The van der Waals surface area contributed by atoms with Gasteiger partial charge >= 0.3 is 0 Å². The van der Waals surface area contributed by atoms with Gasteiger partial charge in [-0.15, -0.1) is 0 Å². The van der Waals surface area contributed by atoms with Gasteiger partial charge in [0.2, 0.25) is 0 Å². The summed E-state index contributed by atoms with van der Waals surface area (Å²) in [5.41, 5.74) is 0.598. The fourth-order valence-electron chi connectivity index (χ4n) is 1.68. The van der Waals surface area contributed by atoms with E-state index >= 15 is 0 Å². The third-order valence-corrected chi connectivity index (χ3v) is 2.75. The van der Waals surface area contributed by atoms with Gasteiger partial charge in [-0.2, -0.15) is 0 Å². The number of hydrogen-bond donors (Lipinski definition) is 1. The van der Waals surface area contributed by atoms with Crippen LogP contribution < -0.4 is 14.2 Å². The molecule has 1 atom stereocenters. The summed E-state index contributed by atoms with van der Waals surface area (Å²) in [6.07, 6.45) is 0.967. The number of aliphatic hydroxyl groups is 1. The van der Waals surface area contributed by atoms with E-state index < -0.39 is 6.10 Å². The summed E-state index contributed by atoms with van der Waals surface area (Å²) in [7, 11) is 3.16. The van der Waals surface area contributed by atoms with Gasteiger partial charge < -0.3 is 19.3 Å². The molecule has 0 saturated heterocycles. The first-order valence-electron chi connectivity index (χ1n) is 6.17. The molecular formula is C15H17NO4. The zero-order chi connectivity index (χ0) is 14.5. The summed E-state index contributed by atoms with van der Waals surface area (Å²) in [6, 6.07) is 8.75. The number of aromatic nitrogens is 1. The van der Waals surface area contributed by atoms with Crippen LogP contribution in [0.4, 0.5) is 0 Å². The lowest BCUT2D eigenvalue weighted by Gasteiger charge is -2.10. The van der Waals surface area contributed by atoms with Crippen LogP contribution in [0, 0.1) is 0 Å². The van der Waals surface area contributed by atoms with Crippen LogP contribution in [0.3, 0.4) is 0 Å². The van der Waals surface area contributed by atoms with E-state index in [2.05, 4.69) is 4.98 Å². The number of pyridine rings is 1. The van der Waals surface area contributed by atoms with E-state index in [4.69, 9.17) is 14.2 Å². The molecule has 0 bridgehead atoms. The second kappa shape index (κ2) is 6.25. The van der Waals surface area contributed by atoms with Crippen molar-refractivity contribution in [2.45, 2.75) is 13.0 Å². The maximum absolute atomic E-state index is 9.40. The maximum Gasteiger partial charge on any atom is 0.145 e. The van der Waals surface area contributed by atoms with Crippen LogP contribution in [-0.2, 0) is 0 Å². The highest BCUT2D eigenvalue weighted by atomic mass is 16.5. The summed E-state index contributed by atoms with van der Waals surface area (Å²) < 4.78 is 16.0. The van der Waals surface area contributed by atoms with Crippen molar-refractivity contribution in [2.75, 3.05) is 14.2 Å². The van der Waals surface area contributed by atoms with Crippen LogP contribution in [-0.4, -0.2) is 24.3 Å². The van der Waals surface area contributed by atoms with Crippen LogP contribution in [0.5, 0.6) is 23.0 Å². The standard InChI is InChI=1S/C15H17NO4/c1-10(17)15-5-4-11(9-16-15)20-14-7-12(18-2)6-13(8-14)19-3/h4-10,17H,1-3H3/t10-/m0/s1. The molecule has 5 nitrogen and oxygen atoms in total. The molecule has 5 heteroatoms. The molecule has 1 N–H and O–H groups in total. The van der Waals surface area contributed by atoms with Crippen molar-refractivity contribution in [3.8, 4) is 23.0 Å². The number of hydrogen-bond acceptors (Lipinski definition) is 5. The Labute approximate surface area is 117 Å². The van der Waals surface area contributed by atoms with Crippen LogP contribution >= 0.6 is 0 Å². The van der Waals surface area contributed by atoms with Gasteiger partial charge in [0.25, 0.3) is 0 Å². The molecule has 0 spiro atoms. The second-order valence-corrected chi connectivity index (χ2v) is 4.25. The topological polar surface area (TPSA) is 60.8 Å². The van der Waals surface area contributed by atoms with Gasteiger partial charge in [0.15, 0.2) is 0 Å². The summed E-state index contributed by atoms with van der Waals surface area (Å²) in [5.74, 6) is 2.46. The van der Waals surface area contributed by atoms with Crippen LogP contribution in [0.1, 0.15) is 18.7 Å². The Balaban J connectivity index is 2.20. The number of nitrogens with zero attached hydrogens (tertiary/aromatic N) is 1. The average Bonchev–Trinajstić information content (AvgIpc) is 2.47. The van der Waals surface area contributed by atoms with Gasteiger partial charge in [0.1, 0.15) is 23.0 Å². The third kappa shape index (κ3) is 3.39. The number of rotatable bonds is 5. The van der Waals surface area contributed by atoms with Crippen molar-refractivity contribution in [1.82, 2.24) is 4.98 Å². The van der Waals surface area contributed by atoms with Crippen LogP contribution in [0.2, 0.25) is 0 Å². The normalized spacial score (nSPS) is 11.8. The van der Waals surface area contributed by atoms with Crippen molar-refractivity contribution in [3.05, 3.63) is 42.2 Å². The number of benzene rings is 1. The van der Waals surface area contributed by atoms with Crippen LogP contribution in [0.25, 0.3) is 0 Å². The smallest absolute Gasteiger partial charge is 0.145 e. The SMILES string of the molecule is COc1cc(OC)cc(Oc2ccc([C@H](C)O)nc2)c1. The first-order chi connectivity index (χ1) is 9.62. The Bertz CT molecular complexity index is 544. The maximum atomic E-state index is 9.40. The Morgan fingerprint density at radius 2 is 1.55 bits per heavy atom. The van der Waals surface area contributed by atoms with E-state index in [9.17, 15) is 5.11 Å². The lowest BCUT2D eigenvalue weighted by atomic mass is 10.2. The molecule has 0 unspecified atom stereocenters. The molecule has 20 heavy (non-hydrogen) atoms. The summed E-state index contributed by atoms with van der Waals surface area (Å²) in [4.78, 5) is 4.12. The van der Waals surface area contributed by atoms with Gasteiger partial charge in [0.05, 0.1) is 32.2 Å². The molecule has 0 saturated carbocycles. The Morgan fingerprint density at radius 3 is 2.00 bits per heavy atom. The highest BCUT2D eigenvalue weighted by molar-refractivity contribution is 5.43. The van der Waals surface area contributed by atoms with Gasteiger partial charge in [-0.25, -0.2) is 0 Å². The molecule has 0 fully saturated rings. The zero-order valence-electron chi connectivity index (χ0n) is 11.7. The van der Waals surface area contributed by atoms with Gasteiger partial charge in [-0.3, -0.25) is 4.98 Å². The molecule has 0 aliphatic carbocycles. The lowest BCUT2D eigenvalue weighted by molar-refractivity contribution is 0.194. The predicted octanol–water partition coefficient (Wildman–Crippen LogP) is 2.94. The van der Waals surface area contributed by atoms with Crippen molar-refractivity contribution < 1.29 is 19.3 Å². The number of ether oxygens (including phenoxy) is 3. The summed E-state index contributed by atoms with van der Waals surface area (Å²) >= 11 is 0. The van der Waals surface area contributed by atoms with Gasteiger partial charge in [0, 0.05) is 18.2 Å². The molecule has 1 heterocycles. The lowest BCUT2D eigenvalue weighted by Crippen LogP contribution is -1.95. The fourth-order valence-corrected chi connectivity index (χ4v) is 1.68. The molecule has 1 aromatic heterocycles. The molecular weight excluding hydrogens is 258 g/mol. The Morgan fingerprint density at radius 1 is 0.950 bits per heavy atom. The zero-order valence-corrected chi connectivity index (χ0v) is 11.7. The van der Waals surface area contributed by atoms with E-state index in [0.29, 0.717) is 28.7 Å². The third-order valence-electron chi connectivity index (χ3n) is 2.75. The van der Waals surface area contributed by atoms with E-state index in [-0.39, 0.29) is 0 Å². The first kappa shape index (κ1) is 14.1. The monoisotopic (exact) mass is 275 g/mol. The largest absolute Gasteiger partial charge is 0.496 e. The van der Waals surface area contributed by atoms with Crippen molar-refractivity contribution in [2.24, 2.45) is 0 Å². The van der Waals surface area contributed by atoms with Crippen molar-refractivity contribution in [1.29, 1.82) is 0 Å². The van der Waals surface area contributed by atoms with Crippen molar-refractivity contribution in [3.63, 3.8) is 0 Å². The molecule has 0 amide bonds. The molecule has 0 radical (unpaired) electrons. The van der Waals surface area contributed by atoms with Crippen molar-refractivity contribution >= 4 is 0 Å². The van der Waals surface area contributed by atoms with E-state index in [0.717, 1.165) is 0 Å². The minimum absolute atomic E-state index is 0.574. The highest BCUT2D eigenvalue weighted by Gasteiger charge is 2.06. The molecule has 2 aromatic rings. The van der Waals surface area contributed by atoms with E-state index in [1.165, 1.54) is 0 Å². The molecule has 0 aliphatic rings. The number of methoxy groups -OCH3 is 2. The van der Waals surface area contributed by atoms with E-state index in [1.807, 2.05) is 0 Å². The van der Waals surface area contributed by atoms with Gasteiger partial charge in [-0.05, 0) is 19.1 Å².